The Morgan fingerprint density at radius 1 is 0.971 bits per heavy atom. The minimum atomic E-state index is -1.26. The fraction of sp³-hybridized carbons (Fsp3) is 0.107. The van der Waals surface area contributed by atoms with E-state index >= 15 is 0 Å². The molecule has 0 N–H and O–H groups in total. The molecule has 0 saturated carbocycles. The number of aromatic nitrogens is 1. The fourth-order valence-electron chi connectivity index (χ4n) is 4.06. The molecule has 2 aliphatic heterocycles. The van der Waals surface area contributed by atoms with Gasteiger partial charge in [-0.15, -0.1) is 6.07 Å². The van der Waals surface area contributed by atoms with Gasteiger partial charge in [-0.2, -0.15) is 41.6 Å². The van der Waals surface area contributed by atoms with Gasteiger partial charge >= 0.3 is 20.1 Å². The Morgan fingerprint density at radius 3 is 2.63 bits per heavy atom. The Morgan fingerprint density at radius 2 is 1.80 bits per heavy atom. The zero-order valence-corrected chi connectivity index (χ0v) is 20.8. The third kappa shape index (κ3) is 5.31. The van der Waals surface area contributed by atoms with E-state index in [9.17, 15) is 13.2 Å². The predicted molar refractivity (Wildman–Crippen MR) is 125 cm³/mol. The molecule has 6 rings (SSSR count). The van der Waals surface area contributed by atoms with Crippen LogP contribution in [0.5, 0.6) is 0 Å². The van der Waals surface area contributed by atoms with Crippen molar-refractivity contribution in [2.75, 3.05) is 6.54 Å². The summed E-state index contributed by atoms with van der Waals surface area (Å²) in [6, 6.07) is 24.8. The topological polar surface area (TPSA) is 30.2 Å². The van der Waals surface area contributed by atoms with Crippen LogP contribution in [-0.4, -0.2) is 16.4 Å². The van der Waals surface area contributed by atoms with E-state index in [0.29, 0.717) is 6.07 Å². The smallest absolute Gasteiger partial charge is 0.668 e. The molecule has 0 fully saturated rings. The average Bonchev–Trinajstić information content (AvgIpc) is 3.37. The first-order chi connectivity index (χ1) is 16.6. The summed E-state index contributed by atoms with van der Waals surface area (Å²) in [4.78, 5) is 6.24. The van der Waals surface area contributed by atoms with E-state index in [1.165, 1.54) is 17.3 Å². The molecule has 0 radical (unpaired) electrons. The fourth-order valence-corrected chi connectivity index (χ4v) is 4.06. The molecule has 2 aliphatic rings. The van der Waals surface area contributed by atoms with Gasteiger partial charge in [0.2, 0.25) is 0 Å². The van der Waals surface area contributed by atoms with Crippen LogP contribution in [0.3, 0.4) is 0 Å². The molecule has 1 unspecified atom stereocenters. The molecule has 0 spiro atoms. The second kappa shape index (κ2) is 10.9. The maximum Gasteiger partial charge on any atom is 3.00 e. The molecule has 3 nitrogen and oxygen atoms in total. The molecule has 0 bridgehead atoms. The summed E-state index contributed by atoms with van der Waals surface area (Å²) in [6.07, 6.45) is 6.75. The van der Waals surface area contributed by atoms with Crippen LogP contribution in [0.15, 0.2) is 85.3 Å². The van der Waals surface area contributed by atoms with Crippen LogP contribution in [0, 0.1) is 29.6 Å². The standard InChI is InChI=1S/C17H9F3N.C11H10N2.Ir/c18-13-9-14(17(20)15(19)10-13)16-8-12(6-7-21-16)11-4-2-1-3-5-11;1-2-4-10-9(3-1)5-7-13-8-6-12-11(10)13;/h1-8,10H;1-3,6,8,11H,5,7H2;/q-1;-2;+3. The molecular formula is C28H19F3IrN3. The monoisotopic (exact) mass is 647 g/mol. The van der Waals surface area contributed by atoms with Crippen LogP contribution in [0.25, 0.3) is 27.7 Å². The zero-order valence-electron chi connectivity index (χ0n) is 18.4. The maximum atomic E-state index is 13.8. The summed E-state index contributed by atoms with van der Waals surface area (Å²) in [5.41, 5.74) is 4.14. The molecule has 1 atom stereocenters. The third-order valence-corrected chi connectivity index (χ3v) is 5.73. The summed E-state index contributed by atoms with van der Waals surface area (Å²) >= 11 is 0. The molecule has 176 valence electrons. The molecule has 1 aromatic heterocycles. The van der Waals surface area contributed by atoms with E-state index in [2.05, 4.69) is 45.7 Å². The minimum Gasteiger partial charge on any atom is -0.668 e. The van der Waals surface area contributed by atoms with Gasteiger partial charge in [-0.3, -0.25) is 4.39 Å². The SMILES string of the molecule is Fc1[c-]c(-c2cc(-c3ccccc3)ccn2)c(F)c(F)c1.[Ir+3].[c-]1cccc2c1C1[N-]C=CN1CC2. The van der Waals surface area contributed by atoms with E-state index in [1.54, 1.807) is 12.1 Å². The van der Waals surface area contributed by atoms with Crippen LogP contribution in [0.4, 0.5) is 13.2 Å². The Balaban J connectivity index is 0.000000177. The van der Waals surface area contributed by atoms with Gasteiger partial charge in [0.1, 0.15) is 0 Å². The van der Waals surface area contributed by atoms with Gasteiger partial charge in [0.25, 0.3) is 0 Å². The van der Waals surface area contributed by atoms with Crippen LogP contribution in [-0.2, 0) is 26.5 Å². The molecule has 7 heteroatoms. The number of rotatable bonds is 2. The van der Waals surface area contributed by atoms with Crippen molar-refractivity contribution in [2.24, 2.45) is 0 Å². The molecule has 3 heterocycles. The van der Waals surface area contributed by atoms with Gasteiger partial charge in [-0.05, 0) is 35.3 Å². The van der Waals surface area contributed by atoms with Crippen LogP contribution < -0.4 is 0 Å². The van der Waals surface area contributed by atoms with E-state index in [4.69, 9.17) is 0 Å². The van der Waals surface area contributed by atoms with E-state index in [1.807, 2.05) is 42.6 Å². The van der Waals surface area contributed by atoms with E-state index in [-0.39, 0.29) is 37.5 Å². The summed E-state index contributed by atoms with van der Waals surface area (Å²) in [5, 5.41) is 4.41. The summed E-state index contributed by atoms with van der Waals surface area (Å²) < 4.78 is 40.3. The van der Waals surface area contributed by atoms with Crippen LogP contribution >= 0.6 is 0 Å². The Hall–Kier alpha value is -3.41. The number of nitrogens with zero attached hydrogens (tertiary/aromatic N) is 3. The predicted octanol–water partition coefficient (Wildman–Crippen LogP) is 6.83. The molecule has 0 amide bonds. The molecular weight excluding hydrogens is 628 g/mol. The van der Waals surface area contributed by atoms with Crippen LogP contribution in [0.1, 0.15) is 17.3 Å². The first-order valence-corrected chi connectivity index (χ1v) is 10.8. The number of halogens is 3. The number of hydrogen-bond acceptors (Lipinski definition) is 2. The second-order valence-corrected chi connectivity index (χ2v) is 7.87. The van der Waals surface area contributed by atoms with Crippen molar-refractivity contribution >= 4 is 0 Å². The minimum absolute atomic E-state index is 0. The van der Waals surface area contributed by atoms with Gasteiger partial charge in [0, 0.05) is 18.6 Å². The van der Waals surface area contributed by atoms with E-state index in [0.717, 1.165) is 24.1 Å². The summed E-state index contributed by atoms with van der Waals surface area (Å²) in [6.45, 7) is 1.08. The van der Waals surface area contributed by atoms with Crippen molar-refractivity contribution in [1.82, 2.24) is 9.88 Å². The van der Waals surface area contributed by atoms with Crippen LogP contribution in [0.2, 0.25) is 0 Å². The van der Waals surface area contributed by atoms with Gasteiger partial charge in [-0.25, -0.2) is 8.78 Å². The second-order valence-electron chi connectivity index (χ2n) is 7.87. The van der Waals surface area contributed by atoms with Crippen molar-refractivity contribution in [3.8, 4) is 22.4 Å². The molecule has 3 aromatic carbocycles. The first-order valence-electron chi connectivity index (χ1n) is 10.8. The maximum absolute atomic E-state index is 13.8. The number of fused-ring (bicyclic) bond motifs is 3. The van der Waals surface area contributed by atoms with Gasteiger partial charge in [0.15, 0.2) is 0 Å². The van der Waals surface area contributed by atoms with E-state index < -0.39 is 17.5 Å². The largest absolute Gasteiger partial charge is 3.00 e. The average molecular weight is 647 g/mol. The molecule has 0 aliphatic carbocycles. The normalized spacial score (nSPS) is 15.2. The summed E-state index contributed by atoms with van der Waals surface area (Å²) in [5.74, 6) is -3.38. The molecule has 4 aromatic rings. The van der Waals surface area contributed by atoms with Crippen molar-refractivity contribution in [3.05, 3.63) is 131 Å². The number of hydrogen-bond donors (Lipinski definition) is 0. The van der Waals surface area contributed by atoms with Crippen molar-refractivity contribution < 1.29 is 33.3 Å². The Labute approximate surface area is 215 Å². The summed E-state index contributed by atoms with van der Waals surface area (Å²) in [7, 11) is 0. The van der Waals surface area contributed by atoms with Gasteiger partial charge in [-0.1, -0.05) is 54.4 Å². The molecule has 0 saturated heterocycles. The van der Waals surface area contributed by atoms with Gasteiger partial charge < -0.3 is 15.2 Å². The molecule has 35 heavy (non-hydrogen) atoms. The zero-order chi connectivity index (χ0) is 23.5. The number of benzene rings is 3. The Bertz CT molecular complexity index is 1340. The van der Waals surface area contributed by atoms with Crippen molar-refractivity contribution in [1.29, 1.82) is 0 Å². The third-order valence-electron chi connectivity index (χ3n) is 5.73. The van der Waals surface area contributed by atoms with Crippen molar-refractivity contribution in [2.45, 2.75) is 12.6 Å². The quantitative estimate of drug-likeness (QED) is 0.177. The van der Waals surface area contributed by atoms with Gasteiger partial charge in [0.05, 0.1) is 11.6 Å². The van der Waals surface area contributed by atoms with Crippen molar-refractivity contribution in [3.63, 3.8) is 0 Å². The number of pyridine rings is 1. The first kappa shape index (κ1) is 24.7. The Kier molecular flexibility index (Phi) is 7.69.